The number of nitrogens with zero attached hydrogens (tertiary/aromatic N) is 2. The number of nitrogens with one attached hydrogen (secondary N) is 2. The predicted molar refractivity (Wildman–Crippen MR) is 148 cm³/mol. The first kappa shape index (κ1) is 28.3. The maximum Gasteiger partial charge on any atom is 0.259 e. The van der Waals surface area contributed by atoms with Crippen molar-refractivity contribution < 1.29 is 22.7 Å². The number of aromatic nitrogens is 1. The van der Waals surface area contributed by atoms with E-state index in [-0.39, 0.29) is 18.0 Å². The van der Waals surface area contributed by atoms with E-state index in [1.165, 1.54) is 25.0 Å². The quantitative estimate of drug-likeness (QED) is 0.434. The molecule has 1 spiro atoms. The molecule has 2 heterocycles. The van der Waals surface area contributed by atoms with E-state index in [1.807, 2.05) is 13.8 Å². The highest BCUT2D eigenvalue weighted by Gasteiger charge is 2.45. The summed E-state index contributed by atoms with van der Waals surface area (Å²) in [7, 11) is -3.90. The van der Waals surface area contributed by atoms with Gasteiger partial charge in [-0.05, 0) is 80.7 Å². The van der Waals surface area contributed by atoms with Crippen molar-refractivity contribution in [2.45, 2.75) is 70.7 Å². The molecule has 1 saturated heterocycles. The third kappa shape index (κ3) is 6.64. The molecule has 3 N–H and O–H groups in total. The van der Waals surface area contributed by atoms with Gasteiger partial charge in [0.25, 0.3) is 5.91 Å². The number of piperidine rings is 1. The van der Waals surface area contributed by atoms with E-state index in [4.69, 9.17) is 4.98 Å². The smallest absolute Gasteiger partial charge is 0.259 e. The molecule has 8 nitrogen and oxygen atoms in total. The number of carbonyl (C=O) groups excluding carboxylic acids is 1. The van der Waals surface area contributed by atoms with Gasteiger partial charge in [0, 0.05) is 18.8 Å². The molecule has 1 saturated carbocycles. The minimum absolute atomic E-state index is 0.0937. The van der Waals surface area contributed by atoms with E-state index in [0.29, 0.717) is 22.6 Å². The van der Waals surface area contributed by atoms with Gasteiger partial charge in [-0.2, -0.15) is 0 Å². The molecule has 208 valence electrons. The number of sulfone groups is 1. The molecule has 4 rings (SSSR count). The highest BCUT2D eigenvalue weighted by atomic mass is 32.2. The fourth-order valence-electron chi connectivity index (χ4n) is 4.86. The zero-order valence-corrected chi connectivity index (χ0v) is 23.7. The molecule has 2 aromatic rings. The fraction of sp³-hybridized carbons (Fsp3) is 0.571. The lowest BCUT2D eigenvalue weighted by molar-refractivity contribution is 0.102. The highest BCUT2D eigenvalue weighted by molar-refractivity contribution is 7.91. The Kier molecular flexibility index (Phi) is 7.53. The van der Waals surface area contributed by atoms with Crippen molar-refractivity contribution in [3.05, 3.63) is 41.7 Å². The maximum atomic E-state index is 14.6. The van der Waals surface area contributed by atoms with Crippen LogP contribution in [0.25, 0.3) is 0 Å². The zero-order chi connectivity index (χ0) is 27.9. The fourth-order valence-corrected chi connectivity index (χ4v) is 6.83. The number of benzene rings is 1. The number of carbonyl (C=O) groups is 1. The molecule has 1 amide bonds. The van der Waals surface area contributed by atoms with Gasteiger partial charge in [0.05, 0.1) is 23.5 Å². The second-order valence-corrected chi connectivity index (χ2v) is 14.6. The number of rotatable bonds is 8. The molecule has 2 fully saturated rings. The number of hydrogen-bond acceptors (Lipinski definition) is 7. The lowest BCUT2D eigenvalue weighted by Gasteiger charge is -2.34. The van der Waals surface area contributed by atoms with Crippen LogP contribution < -0.4 is 15.5 Å². The number of pyridine rings is 1. The average molecular weight is 547 g/mol. The molecule has 0 unspecified atom stereocenters. The Morgan fingerprint density at radius 2 is 1.74 bits per heavy atom. The van der Waals surface area contributed by atoms with E-state index < -0.39 is 37.4 Å². The number of halogens is 1. The van der Waals surface area contributed by atoms with Crippen molar-refractivity contribution in [3.63, 3.8) is 0 Å². The maximum absolute atomic E-state index is 14.6. The molecular weight excluding hydrogens is 507 g/mol. The summed E-state index contributed by atoms with van der Waals surface area (Å²) in [6, 6.07) is 6.96. The molecule has 0 atom stereocenters. The van der Waals surface area contributed by atoms with Gasteiger partial charge in [-0.15, -0.1) is 0 Å². The number of aliphatic hydroxyl groups excluding tert-OH is 1. The van der Waals surface area contributed by atoms with Crippen molar-refractivity contribution in [1.82, 2.24) is 4.98 Å². The van der Waals surface area contributed by atoms with E-state index in [9.17, 15) is 22.7 Å². The van der Waals surface area contributed by atoms with Gasteiger partial charge < -0.3 is 20.6 Å². The molecule has 1 aromatic carbocycles. The molecular formula is C28H39FN4O4S. The van der Waals surface area contributed by atoms with E-state index in [0.717, 1.165) is 32.0 Å². The zero-order valence-electron chi connectivity index (χ0n) is 22.9. The summed E-state index contributed by atoms with van der Waals surface area (Å²) in [4.78, 5) is 19.9. The first-order valence-electron chi connectivity index (χ1n) is 13.1. The summed E-state index contributed by atoms with van der Waals surface area (Å²) in [5.41, 5.74) is -0.186. The SMILES string of the molecule is CC(C)(C)CS(=O)(=O)c1cc(NC(=O)c2ccc(NC(C)(C)CO)nc2N2CCC3(CC2)CC3)ccc1F. The Morgan fingerprint density at radius 1 is 1.08 bits per heavy atom. The van der Waals surface area contributed by atoms with Gasteiger partial charge >= 0.3 is 0 Å². The van der Waals surface area contributed by atoms with Crippen molar-refractivity contribution >= 4 is 33.1 Å². The largest absolute Gasteiger partial charge is 0.394 e. The van der Waals surface area contributed by atoms with Crippen molar-refractivity contribution in [3.8, 4) is 0 Å². The normalized spacial score (nSPS) is 17.4. The third-order valence-electron chi connectivity index (χ3n) is 7.21. The second-order valence-electron chi connectivity index (χ2n) is 12.6. The van der Waals surface area contributed by atoms with E-state index in [2.05, 4.69) is 15.5 Å². The Balaban J connectivity index is 1.63. The average Bonchev–Trinajstić information content (AvgIpc) is 3.57. The van der Waals surface area contributed by atoms with Crippen LogP contribution in [0.3, 0.4) is 0 Å². The standard InChI is InChI=1S/C28H39FN4O4S/c1-26(2,3)18-38(36,37)22-16-19(6-8-21(22)29)30-25(35)20-7-9-23(32-27(4,5)17-34)31-24(20)33-14-12-28(10-11-28)13-15-33/h6-9,16,34H,10-15,17-18H2,1-5H3,(H,30,35)(H,31,32). The van der Waals surface area contributed by atoms with Crippen LogP contribution in [0.1, 0.15) is 70.7 Å². The van der Waals surface area contributed by atoms with E-state index >= 15 is 0 Å². The Morgan fingerprint density at radius 3 is 2.32 bits per heavy atom. The summed E-state index contributed by atoms with van der Waals surface area (Å²) < 4.78 is 40.3. The topological polar surface area (TPSA) is 112 Å². The molecule has 2 aliphatic rings. The van der Waals surface area contributed by atoms with Crippen molar-refractivity contribution in [2.24, 2.45) is 10.8 Å². The van der Waals surface area contributed by atoms with Gasteiger partial charge in [-0.3, -0.25) is 4.79 Å². The minimum atomic E-state index is -3.90. The third-order valence-corrected chi connectivity index (χ3v) is 9.44. The first-order valence-corrected chi connectivity index (χ1v) is 14.8. The highest BCUT2D eigenvalue weighted by Crippen LogP contribution is 2.54. The molecule has 0 bridgehead atoms. The summed E-state index contributed by atoms with van der Waals surface area (Å²) in [6.45, 7) is 10.5. The molecule has 10 heteroatoms. The molecule has 38 heavy (non-hydrogen) atoms. The predicted octanol–water partition coefficient (Wildman–Crippen LogP) is 4.86. The summed E-state index contributed by atoms with van der Waals surface area (Å²) in [5.74, 6) is -0.465. The van der Waals surface area contributed by atoms with Crippen LogP contribution in [0.2, 0.25) is 0 Å². The Bertz CT molecular complexity index is 1310. The van der Waals surface area contributed by atoms with Gasteiger partial charge in [0.1, 0.15) is 22.3 Å². The summed E-state index contributed by atoms with van der Waals surface area (Å²) >= 11 is 0. The molecule has 1 aromatic heterocycles. The van der Waals surface area contributed by atoms with Crippen LogP contribution >= 0.6 is 0 Å². The van der Waals surface area contributed by atoms with Crippen LogP contribution in [-0.4, -0.2) is 55.4 Å². The number of aliphatic hydroxyl groups is 1. The van der Waals surface area contributed by atoms with Gasteiger partial charge in [0.2, 0.25) is 0 Å². The summed E-state index contributed by atoms with van der Waals surface area (Å²) in [5, 5.41) is 15.6. The van der Waals surface area contributed by atoms with Gasteiger partial charge in [0.15, 0.2) is 9.84 Å². The van der Waals surface area contributed by atoms with Crippen LogP contribution in [0.4, 0.5) is 21.7 Å². The lowest BCUT2D eigenvalue weighted by atomic mass is 9.93. The molecule has 1 aliphatic carbocycles. The van der Waals surface area contributed by atoms with Gasteiger partial charge in [-0.25, -0.2) is 17.8 Å². The lowest BCUT2D eigenvalue weighted by Crippen LogP contribution is -2.38. The van der Waals surface area contributed by atoms with Gasteiger partial charge in [-0.1, -0.05) is 20.8 Å². The molecule has 1 aliphatic heterocycles. The number of anilines is 3. The van der Waals surface area contributed by atoms with Crippen LogP contribution in [0, 0.1) is 16.6 Å². The van der Waals surface area contributed by atoms with Crippen molar-refractivity contribution in [2.75, 3.05) is 41.0 Å². The van der Waals surface area contributed by atoms with E-state index in [1.54, 1.807) is 32.9 Å². The summed E-state index contributed by atoms with van der Waals surface area (Å²) in [6.07, 6.45) is 4.59. The van der Waals surface area contributed by atoms with Crippen LogP contribution in [-0.2, 0) is 9.84 Å². The molecule has 0 radical (unpaired) electrons. The monoisotopic (exact) mass is 546 g/mol. The second kappa shape index (κ2) is 10.1. The number of amides is 1. The van der Waals surface area contributed by atoms with Crippen LogP contribution in [0.5, 0.6) is 0 Å². The van der Waals surface area contributed by atoms with Crippen molar-refractivity contribution in [1.29, 1.82) is 0 Å². The Labute approximate surface area is 225 Å². The minimum Gasteiger partial charge on any atom is -0.394 e. The first-order chi connectivity index (χ1) is 17.6. The number of hydrogen-bond donors (Lipinski definition) is 3. The van der Waals surface area contributed by atoms with Crippen LogP contribution in [0.15, 0.2) is 35.2 Å². The Hall–Kier alpha value is -2.72.